The van der Waals surface area contributed by atoms with Gasteiger partial charge >= 0.3 is 5.97 Å². The molecule has 0 aliphatic rings. The van der Waals surface area contributed by atoms with Crippen LogP contribution in [-0.2, 0) is 11.3 Å². The van der Waals surface area contributed by atoms with Crippen molar-refractivity contribution in [3.05, 3.63) is 88.0 Å². The SMILES string of the molecule is CCOC(=O)c1c(O)cc(-c2ccc(Cl)cc2)cc1-c1sc(N(C)Cc2ccccc2)nc1Cl. The van der Waals surface area contributed by atoms with Gasteiger partial charge in [-0.2, -0.15) is 0 Å². The maximum absolute atomic E-state index is 12.8. The van der Waals surface area contributed by atoms with Crippen LogP contribution in [0.4, 0.5) is 5.13 Å². The molecule has 0 aliphatic heterocycles. The van der Waals surface area contributed by atoms with Crippen LogP contribution < -0.4 is 4.90 Å². The monoisotopic (exact) mass is 512 g/mol. The van der Waals surface area contributed by atoms with Crippen molar-refractivity contribution in [3.63, 3.8) is 0 Å². The second-order valence-corrected chi connectivity index (χ2v) is 9.38. The van der Waals surface area contributed by atoms with E-state index in [-0.39, 0.29) is 23.1 Å². The number of phenols is 1. The zero-order chi connectivity index (χ0) is 24.2. The summed E-state index contributed by atoms with van der Waals surface area (Å²) >= 11 is 14.0. The maximum Gasteiger partial charge on any atom is 0.342 e. The van der Waals surface area contributed by atoms with E-state index in [0.29, 0.717) is 32.7 Å². The van der Waals surface area contributed by atoms with Crippen molar-refractivity contribution in [2.45, 2.75) is 13.5 Å². The first-order valence-corrected chi connectivity index (χ1v) is 12.2. The minimum atomic E-state index is -0.624. The van der Waals surface area contributed by atoms with Gasteiger partial charge in [0.05, 0.1) is 11.5 Å². The van der Waals surface area contributed by atoms with Gasteiger partial charge in [0.2, 0.25) is 0 Å². The Hall–Kier alpha value is -3.06. The minimum absolute atomic E-state index is 0.0578. The molecule has 5 nitrogen and oxygen atoms in total. The molecule has 0 atom stereocenters. The van der Waals surface area contributed by atoms with Crippen molar-refractivity contribution in [2.24, 2.45) is 0 Å². The first-order valence-electron chi connectivity index (χ1n) is 10.6. The van der Waals surface area contributed by atoms with Crippen LogP contribution in [0.15, 0.2) is 66.7 Å². The van der Waals surface area contributed by atoms with Gasteiger partial charge in [0.15, 0.2) is 5.13 Å². The van der Waals surface area contributed by atoms with Crippen LogP contribution in [-0.4, -0.2) is 29.7 Å². The number of carbonyl (C=O) groups excluding carboxylic acids is 1. The molecule has 0 amide bonds. The number of thiazole rings is 1. The number of phenolic OH excluding ortho intramolecular Hbond substituents is 1. The molecule has 1 N–H and O–H groups in total. The molecular formula is C26H22Cl2N2O3S. The first kappa shape index (κ1) is 24.1. The van der Waals surface area contributed by atoms with Crippen LogP contribution in [0.5, 0.6) is 5.75 Å². The lowest BCUT2D eigenvalue weighted by Crippen LogP contribution is -2.15. The van der Waals surface area contributed by atoms with Crippen molar-refractivity contribution in [2.75, 3.05) is 18.6 Å². The maximum atomic E-state index is 12.8. The van der Waals surface area contributed by atoms with E-state index in [9.17, 15) is 9.90 Å². The number of rotatable bonds is 7. The second-order valence-electron chi connectivity index (χ2n) is 7.60. The van der Waals surface area contributed by atoms with E-state index in [1.165, 1.54) is 17.4 Å². The van der Waals surface area contributed by atoms with E-state index in [1.54, 1.807) is 19.1 Å². The van der Waals surface area contributed by atoms with Crippen LogP contribution in [0.2, 0.25) is 10.2 Å². The van der Waals surface area contributed by atoms with Crippen LogP contribution >= 0.6 is 34.5 Å². The van der Waals surface area contributed by atoms with Gasteiger partial charge in [-0.1, -0.05) is 77.0 Å². The van der Waals surface area contributed by atoms with E-state index < -0.39 is 5.97 Å². The molecule has 3 aromatic carbocycles. The summed E-state index contributed by atoms with van der Waals surface area (Å²) in [5.41, 5.74) is 3.19. The smallest absolute Gasteiger partial charge is 0.342 e. The molecule has 0 aliphatic carbocycles. The average Bonchev–Trinajstić information content (AvgIpc) is 3.21. The number of carbonyl (C=O) groups is 1. The molecule has 4 rings (SSSR count). The molecule has 34 heavy (non-hydrogen) atoms. The highest BCUT2D eigenvalue weighted by Crippen LogP contribution is 2.43. The van der Waals surface area contributed by atoms with Crippen LogP contribution in [0.25, 0.3) is 21.6 Å². The van der Waals surface area contributed by atoms with E-state index in [2.05, 4.69) is 4.98 Å². The predicted molar refractivity (Wildman–Crippen MR) is 139 cm³/mol. The third-order valence-electron chi connectivity index (χ3n) is 5.18. The molecule has 0 spiro atoms. The number of esters is 1. The number of ether oxygens (including phenoxy) is 1. The lowest BCUT2D eigenvalue weighted by molar-refractivity contribution is 0.0524. The highest BCUT2D eigenvalue weighted by molar-refractivity contribution is 7.19. The van der Waals surface area contributed by atoms with Gasteiger partial charge in [-0.3, -0.25) is 0 Å². The van der Waals surface area contributed by atoms with Crippen LogP contribution in [0, 0.1) is 0 Å². The highest BCUT2D eigenvalue weighted by Gasteiger charge is 2.25. The summed E-state index contributed by atoms with van der Waals surface area (Å²) in [7, 11) is 1.93. The quantitative estimate of drug-likeness (QED) is 0.263. The molecule has 0 bridgehead atoms. The topological polar surface area (TPSA) is 62.7 Å². The minimum Gasteiger partial charge on any atom is -0.507 e. The van der Waals surface area contributed by atoms with Crippen molar-refractivity contribution in [3.8, 4) is 27.3 Å². The highest BCUT2D eigenvalue weighted by atomic mass is 35.5. The summed E-state index contributed by atoms with van der Waals surface area (Å²) in [6, 6.07) is 20.6. The summed E-state index contributed by atoms with van der Waals surface area (Å²) < 4.78 is 5.22. The van der Waals surface area contributed by atoms with Gasteiger partial charge < -0.3 is 14.7 Å². The fraction of sp³-hybridized carbons (Fsp3) is 0.154. The predicted octanol–water partition coefficient (Wildman–Crippen LogP) is 7.30. The van der Waals surface area contributed by atoms with Crippen LogP contribution in [0.1, 0.15) is 22.8 Å². The Morgan fingerprint density at radius 2 is 1.76 bits per heavy atom. The molecular weight excluding hydrogens is 491 g/mol. The van der Waals surface area contributed by atoms with E-state index in [4.69, 9.17) is 27.9 Å². The number of hydrogen-bond donors (Lipinski definition) is 1. The molecule has 1 aromatic heterocycles. The van der Waals surface area contributed by atoms with Gasteiger partial charge in [-0.25, -0.2) is 9.78 Å². The Morgan fingerprint density at radius 1 is 1.06 bits per heavy atom. The number of anilines is 1. The Bertz CT molecular complexity index is 1310. The fourth-order valence-corrected chi connectivity index (χ4v) is 4.99. The standard InChI is InChI=1S/C26H22Cl2N2O3S/c1-3-33-25(32)22-20(13-18(14-21(22)31)17-9-11-19(27)12-10-17)23-24(28)29-26(34-23)30(2)15-16-7-5-4-6-8-16/h4-14,31H,3,15H2,1-2H3. The average molecular weight is 513 g/mol. The van der Waals surface area contributed by atoms with Gasteiger partial charge in [0, 0.05) is 24.2 Å². The summed E-state index contributed by atoms with van der Waals surface area (Å²) in [5.74, 6) is -0.814. The molecule has 1 heterocycles. The Kier molecular flexibility index (Phi) is 7.41. The Morgan fingerprint density at radius 3 is 2.44 bits per heavy atom. The first-order chi connectivity index (χ1) is 16.4. The summed E-state index contributed by atoms with van der Waals surface area (Å²) in [5, 5.41) is 12.4. The Balaban J connectivity index is 1.80. The number of halogens is 2. The largest absolute Gasteiger partial charge is 0.507 e. The van der Waals surface area contributed by atoms with Crippen molar-refractivity contribution >= 4 is 45.6 Å². The lowest BCUT2D eigenvalue weighted by atomic mass is 9.97. The lowest BCUT2D eigenvalue weighted by Gasteiger charge is -2.15. The fourth-order valence-electron chi connectivity index (χ4n) is 3.58. The van der Waals surface area contributed by atoms with E-state index >= 15 is 0 Å². The molecule has 0 unspecified atom stereocenters. The van der Waals surface area contributed by atoms with Crippen molar-refractivity contribution in [1.82, 2.24) is 4.98 Å². The third-order valence-corrected chi connectivity index (χ3v) is 7.02. The number of benzene rings is 3. The van der Waals surface area contributed by atoms with E-state index in [0.717, 1.165) is 11.1 Å². The Labute approximate surface area is 212 Å². The number of hydrogen-bond acceptors (Lipinski definition) is 6. The van der Waals surface area contributed by atoms with Gasteiger partial charge in [0.25, 0.3) is 0 Å². The number of aromatic nitrogens is 1. The summed E-state index contributed by atoms with van der Waals surface area (Å²) in [6.45, 7) is 2.54. The van der Waals surface area contributed by atoms with E-state index in [1.807, 2.05) is 60.5 Å². The molecule has 8 heteroatoms. The van der Waals surface area contributed by atoms with Gasteiger partial charge in [-0.15, -0.1) is 0 Å². The molecule has 0 radical (unpaired) electrons. The molecule has 174 valence electrons. The molecule has 0 saturated heterocycles. The molecule has 0 saturated carbocycles. The number of aromatic hydroxyl groups is 1. The normalized spacial score (nSPS) is 10.8. The molecule has 4 aromatic rings. The zero-order valence-electron chi connectivity index (χ0n) is 18.6. The van der Waals surface area contributed by atoms with Crippen molar-refractivity contribution in [1.29, 1.82) is 0 Å². The third kappa shape index (κ3) is 5.20. The number of nitrogens with zero attached hydrogens (tertiary/aromatic N) is 2. The summed E-state index contributed by atoms with van der Waals surface area (Å²) in [4.78, 5) is 19.9. The van der Waals surface area contributed by atoms with Crippen molar-refractivity contribution < 1.29 is 14.6 Å². The van der Waals surface area contributed by atoms with Crippen LogP contribution in [0.3, 0.4) is 0 Å². The second kappa shape index (κ2) is 10.5. The molecule has 0 fully saturated rings. The van der Waals surface area contributed by atoms with Gasteiger partial charge in [-0.05, 0) is 47.9 Å². The summed E-state index contributed by atoms with van der Waals surface area (Å²) in [6.07, 6.45) is 0. The zero-order valence-corrected chi connectivity index (χ0v) is 20.9. The van der Waals surface area contributed by atoms with Gasteiger partial charge in [0.1, 0.15) is 16.5 Å².